The van der Waals surface area contributed by atoms with Gasteiger partial charge in [0.2, 0.25) is 5.91 Å². The molecule has 0 radical (unpaired) electrons. The number of pyridine rings is 1. The second-order valence-electron chi connectivity index (χ2n) is 5.82. The Morgan fingerprint density at radius 3 is 2.77 bits per heavy atom. The summed E-state index contributed by atoms with van der Waals surface area (Å²) < 4.78 is 7.70. The number of ether oxygens (including phenoxy) is 1. The first-order valence-electron chi connectivity index (χ1n) is 8.29. The standard InChI is InChI=1S/C20H19N3O3/c21-12-18-16(13-23-9-2-1-3-19(18)23)14-26-17-6-4-15(5-7-17)11-20(25)22-8-10-24/h1-7,9,13,24H,8,10-11,14H2,(H,22,25). The first-order chi connectivity index (χ1) is 12.7. The number of rotatable bonds is 7. The molecule has 0 fully saturated rings. The van der Waals surface area contributed by atoms with Crippen molar-refractivity contribution in [2.45, 2.75) is 13.0 Å². The van der Waals surface area contributed by atoms with Crippen LogP contribution in [0.5, 0.6) is 5.75 Å². The van der Waals surface area contributed by atoms with Crippen molar-refractivity contribution in [1.29, 1.82) is 5.26 Å². The largest absolute Gasteiger partial charge is 0.489 e. The Labute approximate surface area is 151 Å². The molecule has 0 aliphatic carbocycles. The van der Waals surface area contributed by atoms with Gasteiger partial charge in [-0.05, 0) is 29.8 Å². The lowest BCUT2D eigenvalue weighted by Gasteiger charge is -2.07. The Hall–Kier alpha value is -3.30. The molecule has 0 saturated carbocycles. The van der Waals surface area contributed by atoms with Gasteiger partial charge in [-0.25, -0.2) is 0 Å². The lowest BCUT2D eigenvalue weighted by molar-refractivity contribution is -0.120. The summed E-state index contributed by atoms with van der Waals surface area (Å²) in [6, 6.07) is 15.2. The fourth-order valence-corrected chi connectivity index (χ4v) is 2.72. The van der Waals surface area contributed by atoms with E-state index in [1.807, 2.05) is 47.1 Å². The molecule has 2 aromatic heterocycles. The molecule has 0 atom stereocenters. The highest BCUT2D eigenvalue weighted by Crippen LogP contribution is 2.20. The Kier molecular flexibility index (Phi) is 5.52. The average molecular weight is 349 g/mol. The Morgan fingerprint density at radius 1 is 1.23 bits per heavy atom. The maximum Gasteiger partial charge on any atom is 0.224 e. The van der Waals surface area contributed by atoms with Crippen LogP contribution in [0.3, 0.4) is 0 Å². The summed E-state index contributed by atoms with van der Waals surface area (Å²) in [4.78, 5) is 11.6. The number of benzene rings is 1. The minimum atomic E-state index is -0.133. The van der Waals surface area contributed by atoms with Crippen molar-refractivity contribution in [2.24, 2.45) is 0 Å². The number of hydrogen-bond acceptors (Lipinski definition) is 4. The molecule has 0 aliphatic heterocycles. The third kappa shape index (κ3) is 4.02. The maximum atomic E-state index is 11.6. The summed E-state index contributed by atoms with van der Waals surface area (Å²) in [5, 5.41) is 20.7. The van der Waals surface area contributed by atoms with Gasteiger partial charge in [-0.3, -0.25) is 4.79 Å². The van der Waals surface area contributed by atoms with Crippen molar-refractivity contribution >= 4 is 11.4 Å². The molecule has 6 heteroatoms. The van der Waals surface area contributed by atoms with Crippen LogP contribution in [0, 0.1) is 11.3 Å². The zero-order valence-corrected chi connectivity index (χ0v) is 14.2. The number of carbonyl (C=O) groups is 1. The number of aliphatic hydroxyl groups is 1. The van der Waals surface area contributed by atoms with Crippen LogP contribution in [-0.4, -0.2) is 28.6 Å². The molecule has 0 saturated heterocycles. The van der Waals surface area contributed by atoms with Crippen LogP contribution in [0.2, 0.25) is 0 Å². The highest BCUT2D eigenvalue weighted by molar-refractivity contribution is 5.78. The van der Waals surface area contributed by atoms with Gasteiger partial charge in [0.15, 0.2) is 0 Å². The van der Waals surface area contributed by atoms with E-state index in [2.05, 4.69) is 11.4 Å². The predicted molar refractivity (Wildman–Crippen MR) is 96.7 cm³/mol. The van der Waals surface area contributed by atoms with Gasteiger partial charge in [-0.1, -0.05) is 18.2 Å². The number of aliphatic hydroxyl groups excluding tert-OH is 1. The summed E-state index contributed by atoms with van der Waals surface area (Å²) in [6.45, 7) is 0.479. The maximum absolute atomic E-state index is 11.6. The summed E-state index contributed by atoms with van der Waals surface area (Å²) >= 11 is 0. The minimum Gasteiger partial charge on any atom is -0.489 e. The molecule has 3 aromatic rings. The highest BCUT2D eigenvalue weighted by atomic mass is 16.5. The van der Waals surface area contributed by atoms with Crippen molar-refractivity contribution in [3.05, 3.63) is 71.5 Å². The number of nitrogens with one attached hydrogen (secondary N) is 1. The van der Waals surface area contributed by atoms with Crippen molar-refractivity contribution in [1.82, 2.24) is 9.72 Å². The van der Waals surface area contributed by atoms with Crippen molar-refractivity contribution in [3.63, 3.8) is 0 Å². The molecule has 2 N–H and O–H groups in total. The average Bonchev–Trinajstić information content (AvgIpc) is 3.03. The molecule has 132 valence electrons. The molecule has 0 bridgehead atoms. The molecular weight excluding hydrogens is 330 g/mol. The number of hydrogen-bond donors (Lipinski definition) is 2. The van der Waals surface area contributed by atoms with Gasteiger partial charge in [0.1, 0.15) is 18.4 Å². The van der Waals surface area contributed by atoms with Crippen LogP contribution >= 0.6 is 0 Å². The van der Waals surface area contributed by atoms with Crippen molar-refractivity contribution in [2.75, 3.05) is 13.2 Å². The smallest absolute Gasteiger partial charge is 0.224 e. The molecule has 0 unspecified atom stereocenters. The minimum absolute atomic E-state index is 0.0712. The molecule has 26 heavy (non-hydrogen) atoms. The monoisotopic (exact) mass is 349 g/mol. The fraction of sp³-hybridized carbons (Fsp3) is 0.200. The van der Waals surface area contributed by atoms with E-state index in [1.165, 1.54) is 0 Å². The van der Waals surface area contributed by atoms with Crippen LogP contribution < -0.4 is 10.1 Å². The van der Waals surface area contributed by atoms with Gasteiger partial charge in [0.25, 0.3) is 0 Å². The van der Waals surface area contributed by atoms with Gasteiger partial charge in [-0.15, -0.1) is 0 Å². The quantitative estimate of drug-likeness (QED) is 0.683. The van der Waals surface area contributed by atoms with Crippen LogP contribution in [0.1, 0.15) is 16.7 Å². The molecule has 6 nitrogen and oxygen atoms in total. The molecule has 2 heterocycles. The first kappa shape index (κ1) is 17.5. The zero-order chi connectivity index (χ0) is 18.4. The van der Waals surface area contributed by atoms with Gasteiger partial charge in [0.05, 0.1) is 24.1 Å². The number of fused-ring (bicyclic) bond motifs is 1. The van der Waals surface area contributed by atoms with Gasteiger partial charge < -0.3 is 19.6 Å². The van der Waals surface area contributed by atoms with E-state index in [9.17, 15) is 10.1 Å². The van der Waals surface area contributed by atoms with Gasteiger partial charge in [-0.2, -0.15) is 5.26 Å². The second-order valence-corrected chi connectivity index (χ2v) is 5.82. The third-order valence-corrected chi connectivity index (χ3v) is 3.99. The van der Waals surface area contributed by atoms with E-state index >= 15 is 0 Å². The Balaban J connectivity index is 1.64. The number of nitrogens with zero attached hydrogens (tertiary/aromatic N) is 2. The first-order valence-corrected chi connectivity index (χ1v) is 8.29. The number of aromatic nitrogens is 1. The molecule has 1 amide bonds. The highest BCUT2D eigenvalue weighted by Gasteiger charge is 2.10. The van der Waals surface area contributed by atoms with Crippen molar-refractivity contribution in [3.8, 4) is 11.8 Å². The summed E-state index contributed by atoms with van der Waals surface area (Å²) in [5.41, 5.74) is 3.16. The lowest BCUT2D eigenvalue weighted by Crippen LogP contribution is -2.27. The van der Waals surface area contributed by atoms with Crippen molar-refractivity contribution < 1.29 is 14.6 Å². The molecule has 0 spiro atoms. The van der Waals surface area contributed by atoms with Gasteiger partial charge in [0, 0.05) is 24.5 Å². The van der Waals surface area contributed by atoms with Gasteiger partial charge >= 0.3 is 0 Å². The summed E-state index contributed by atoms with van der Waals surface area (Å²) in [6.07, 6.45) is 4.05. The topological polar surface area (TPSA) is 86.8 Å². The number of amides is 1. The number of nitriles is 1. The SMILES string of the molecule is N#Cc1c(COc2ccc(CC(=O)NCCO)cc2)cn2ccccc12. The molecule has 1 aromatic carbocycles. The normalized spacial score (nSPS) is 10.5. The van der Waals surface area contributed by atoms with E-state index in [1.54, 1.807) is 12.1 Å². The lowest BCUT2D eigenvalue weighted by atomic mass is 10.1. The fourth-order valence-electron chi connectivity index (χ4n) is 2.72. The molecular formula is C20H19N3O3. The third-order valence-electron chi connectivity index (χ3n) is 3.99. The second kappa shape index (κ2) is 8.19. The Bertz CT molecular complexity index is 939. The van der Waals surface area contributed by atoms with E-state index in [-0.39, 0.29) is 25.5 Å². The van der Waals surface area contributed by atoms with E-state index in [0.29, 0.717) is 17.9 Å². The number of carbonyl (C=O) groups excluding carboxylic acids is 1. The molecule has 3 rings (SSSR count). The van der Waals surface area contributed by atoms with Crippen LogP contribution in [0.4, 0.5) is 0 Å². The summed E-state index contributed by atoms with van der Waals surface area (Å²) in [7, 11) is 0. The molecule has 0 aliphatic rings. The van der Waals surface area contributed by atoms with Crippen LogP contribution in [0.15, 0.2) is 54.9 Å². The van der Waals surface area contributed by atoms with E-state index in [4.69, 9.17) is 9.84 Å². The predicted octanol–water partition coefficient (Wildman–Crippen LogP) is 2.04. The van der Waals surface area contributed by atoms with Crippen LogP contribution in [0.25, 0.3) is 5.52 Å². The summed E-state index contributed by atoms with van der Waals surface area (Å²) in [5.74, 6) is 0.538. The van der Waals surface area contributed by atoms with E-state index < -0.39 is 0 Å². The van der Waals surface area contributed by atoms with E-state index in [0.717, 1.165) is 16.6 Å². The Morgan fingerprint density at radius 2 is 2.04 bits per heavy atom. The van der Waals surface area contributed by atoms with Crippen LogP contribution in [-0.2, 0) is 17.8 Å². The zero-order valence-electron chi connectivity index (χ0n) is 14.2.